The van der Waals surface area contributed by atoms with E-state index in [1.54, 1.807) is 5.57 Å². The number of aliphatic hydroxyl groups is 2. The lowest BCUT2D eigenvalue weighted by Crippen LogP contribution is -2.55. The van der Waals surface area contributed by atoms with Gasteiger partial charge in [0.1, 0.15) is 0 Å². The summed E-state index contributed by atoms with van der Waals surface area (Å²) in [5, 5.41) is 20.9. The minimum atomic E-state index is -0.143. The van der Waals surface area contributed by atoms with Crippen molar-refractivity contribution in [3.05, 3.63) is 11.6 Å². The lowest BCUT2D eigenvalue weighted by atomic mass is 9.44. The molecule has 0 amide bonds. The molecular formula is C21H34O2. The van der Waals surface area contributed by atoms with Crippen LogP contribution in [0.1, 0.15) is 66.2 Å². The number of fused-ring (bicyclic) bond motifs is 5. The molecule has 0 aromatic rings. The maximum Gasteiger partial charge on any atom is 0.0596 e. The predicted octanol–water partition coefficient (Wildman–Crippen LogP) is 4.16. The van der Waals surface area contributed by atoms with Crippen LogP contribution in [0.2, 0.25) is 0 Å². The van der Waals surface area contributed by atoms with E-state index in [-0.39, 0.29) is 23.0 Å². The van der Waals surface area contributed by atoms with Gasteiger partial charge in [0.05, 0.1) is 12.2 Å². The molecule has 0 unspecified atom stereocenters. The van der Waals surface area contributed by atoms with Crippen molar-refractivity contribution >= 4 is 0 Å². The van der Waals surface area contributed by atoms with E-state index in [0.717, 1.165) is 31.1 Å². The Balaban J connectivity index is 1.76. The van der Waals surface area contributed by atoms with E-state index in [1.165, 1.54) is 19.3 Å². The third-order valence-electron chi connectivity index (χ3n) is 8.92. The van der Waals surface area contributed by atoms with Gasteiger partial charge in [0.25, 0.3) is 0 Å². The van der Waals surface area contributed by atoms with Crippen molar-refractivity contribution in [3.63, 3.8) is 0 Å². The monoisotopic (exact) mass is 318 g/mol. The fourth-order valence-electron chi connectivity index (χ4n) is 7.41. The van der Waals surface area contributed by atoms with Crippen LogP contribution in [-0.4, -0.2) is 22.4 Å². The molecule has 0 radical (unpaired) electrons. The van der Waals surface area contributed by atoms with Gasteiger partial charge in [-0.3, -0.25) is 0 Å². The summed E-state index contributed by atoms with van der Waals surface area (Å²) in [6.07, 6.45) is 8.78. The largest absolute Gasteiger partial charge is 0.393 e. The Morgan fingerprint density at radius 3 is 2.52 bits per heavy atom. The van der Waals surface area contributed by atoms with E-state index in [1.807, 2.05) is 0 Å². The standard InChI is InChI=1S/C21H34O2/c1-12-9-14-11-15(22)10-13(2)21(14,4)17-7-8-20(3)16(19(12)17)5-6-18(20)23/h9,12-13,15-19,22-23H,5-8,10-11H2,1-4H3/t12-,13-,15+,16+,17+,18+,19+,20+,21+/m1/s1. The van der Waals surface area contributed by atoms with Crippen LogP contribution < -0.4 is 0 Å². The maximum absolute atomic E-state index is 10.6. The molecule has 2 nitrogen and oxygen atoms in total. The van der Waals surface area contributed by atoms with Gasteiger partial charge in [0, 0.05) is 0 Å². The first-order chi connectivity index (χ1) is 10.8. The molecule has 0 aromatic carbocycles. The molecule has 0 saturated heterocycles. The third-order valence-corrected chi connectivity index (χ3v) is 8.92. The Morgan fingerprint density at radius 1 is 1.04 bits per heavy atom. The zero-order valence-corrected chi connectivity index (χ0v) is 15.3. The van der Waals surface area contributed by atoms with E-state index in [0.29, 0.717) is 17.8 Å². The highest BCUT2D eigenvalue weighted by Crippen LogP contribution is 2.66. The average Bonchev–Trinajstić information content (AvgIpc) is 2.78. The third kappa shape index (κ3) is 2.00. The second-order valence-corrected chi connectivity index (χ2v) is 9.76. The summed E-state index contributed by atoms with van der Waals surface area (Å²) in [5.74, 6) is 3.30. The SMILES string of the molecule is C[C@@H]1C=C2C[C@@H](O)C[C@@H](C)[C@]2(C)[C@H]2CC[C@]3(C)[C@@H](O)CC[C@H]3[C@H]12. The van der Waals surface area contributed by atoms with Crippen LogP contribution in [0.25, 0.3) is 0 Å². The van der Waals surface area contributed by atoms with E-state index >= 15 is 0 Å². The van der Waals surface area contributed by atoms with Crippen LogP contribution >= 0.6 is 0 Å². The summed E-state index contributed by atoms with van der Waals surface area (Å²) in [6.45, 7) is 9.60. The number of hydrogen-bond acceptors (Lipinski definition) is 2. The molecule has 0 heterocycles. The summed E-state index contributed by atoms with van der Waals surface area (Å²) in [4.78, 5) is 0. The molecule has 3 saturated carbocycles. The van der Waals surface area contributed by atoms with E-state index in [2.05, 4.69) is 33.8 Å². The lowest BCUT2D eigenvalue weighted by Gasteiger charge is -2.61. The molecule has 4 aliphatic rings. The summed E-state index contributed by atoms with van der Waals surface area (Å²) in [5.41, 5.74) is 1.96. The van der Waals surface area contributed by atoms with E-state index in [4.69, 9.17) is 0 Å². The van der Waals surface area contributed by atoms with Gasteiger partial charge in [0.2, 0.25) is 0 Å². The fourth-order valence-corrected chi connectivity index (χ4v) is 7.41. The first kappa shape index (κ1) is 16.1. The molecule has 0 bridgehead atoms. The number of rotatable bonds is 0. The molecule has 9 atom stereocenters. The summed E-state index contributed by atoms with van der Waals surface area (Å²) < 4.78 is 0. The number of hydrogen-bond donors (Lipinski definition) is 2. The molecular weight excluding hydrogens is 284 g/mol. The van der Waals surface area contributed by atoms with Gasteiger partial charge < -0.3 is 10.2 Å². The van der Waals surface area contributed by atoms with E-state index in [9.17, 15) is 10.2 Å². The predicted molar refractivity (Wildman–Crippen MR) is 92.8 cm³/mol. The van der Waals surface area contributed by atoms with Crippen LogP contribution in [0.4, 0.5) is 0 Å². The van der Waals surface area contributed by atoms with Gasteiger partial charge in [-0.25, -0.2) is 0 Å². The summed E-state index contributed by atoms with van der Waals surface area (Å²) >= 11 is 0. The minimum absolute atomic E-state index is 0.0931. The van der Waals surface area contributed by atoms with Crippen LogP contribution in [0.5, 0.6) is 0 Å². The second-order valence-electron chi connectivity index (χ2n) is 9.76. The van der Waals surface area contributed by atoms with Crippen molar-refractivity contribution < 1.29 is 10.2 Å². The van der Waals surface area contributed by atoms with Crippen molar-refractivity contribution in [2.45, 2.75) is 78.4 Å². The highest BCUT2D eigenvalue weighted by molar-refractivity contribution is 5.28. The van der Waals surface area contributed by atoms with Crippen molar-refractivity contribution in [2.24, 2.45) is 40.4 Å². The molecule has 130 valence electrons. The van der Waals surface area contributed by atoms with Crippen molar-refractivity contribution in [1.82, 2.24) is 0 Å². The van der Waals surface area contributed by atoms with Gasteiger partial charge >= 0.3 is 0 Å². The topological polar surface area (TPSA) is 40.5 Å². The zero-order valence-electron chi connectivity index (χ0n) is 15.3. The summed E-state index contributed by atoms with van der Waals surface area (Å²) in [7, 11) is 0. The average molecular weight is 319 g/mol. The Labute approximate surface area is 141 Å². The molecule has 0 aromatic heterocycles. The normalized spacial score (nSPS) is 58.9. The summed E-state index contributed by atoms with van der Waals surface area (Å²) in [6, 6.07) is 0. The van der Waals surface area contributed by atoms with Gasteiger partial charge in [-0.1, -0.05) is 39.3 Å². The first-order valence-corrected chi connectivity index (χ1v) is 9.85. The Morgan fingerprint density at radius 2 is 1.78 bits per heavy atom. The van der Waals surface area contributed by atoms with Gasteiger partial charge in [0.15, 0.2) is 0 Å². The molecule has 23 heavy (non-hydrogen) atoms. The molecule has 0 aliphatic heterocycles. The lowest BCUT2D eigenvalue weighted by molar-refractivity contribution is -0.0987. The van der Waals surface area contributed by atoms with Crippen LogP contribution in [0.15, 0.2) is 11.6 Å². The molecule has 3 fully saturated rings. The minimum Gasteiger partial charge on any atom is -0.393 e. The van der Waals surface area contributed by atoms with Gasteiger partial charge in [-0.2, -0.15) is 0 Å². The Kier molecular flexibility index (Phi) is 3.57. The molecule has 0 spiro atoms. The zero-order chi connectivity index (χ0) is 16.6. The number of aliphatic hydroxyl groups excluding tert-OH is 2. The van der Waals surface area contributed by atoms with Gasteiger partial charge in [-0.05, 0) is 78.9 Å². The van der Waals surface area contributed by atoms with Crippen LogP contribution in [0, 0.1) is 40.4 Å². The number of allylic oxidation sites excluding steroid dienone is 1. The van der Waals surface area contributed by atoms with Crippen molar-refractivity contribution in [3.8, 4) is 0 Å². The molecule has 2 heteroatoms. The second kappa shape index (κ2) is 5.08. The quantitative estimate of drug-likeness (QED) is 0.658. The molecule has 4 aliphatic carbocycles. The highest BCUT2D eigenvalue weighted by Gasteiger charge is 2.61. The van der Waals surface area contributed by atoms with Crippen LogP contribution in [0.3, 0.4) is 0 Å². The molecule has 4 rings (SSSR count). The maximum atomic E-state index is 10.6. The first-order valence-electron chi connectivity index (χ1n) is 9.85. The highest BCUT2D eigenvalue weighted by atomic mass is 16.3. The molecule has 2 N–H and O–H groups in total. The van der Waals surface area contributed by atoms with E-state index < -0.39 is 0 Å². The Hall–Kier alpha value is -0.340. The van der Waals surface area contributed by atoms with Crippen molar-refractivity contribution in [2.75, 3.05) is 0 Å². The smallest absolute Gasteiger partial charge is 0.0596 e. The van der Waals surface area contributed by atoms with Gasteiger partial charge in [-0.15, -0.1) is 0 Å². The van der Waals surface area contributed by atoms with Crippen LogP contribution in [-0.2, 0) is 0 Å². The van der Waals surface area contributed by atoms with Crippen molar-refractivity contribution in [1.29, 1.82) is 0 Å². The fraction of sp³-hybridized carbons (Fsp3) is 0.905. The Bertz CT molecular complexity index is 526.